The van der Waals surface area contributed by atoms with Gasteiger partial charge in [-0.05, 0) is 20.0 Å². The van der Waals surface area contributed by atoms with Gasteiger partial charge in [-0.2, -0.15) is 8.42 Å². The lowest BCUT2D eigenvalue weighted by Gasteiger charge is -2.12. The van der Waals surface area contributed by atoms with Gasteiger partial charge in [-0.1, -0.05) is 31.9 Å². The van der Waals surface area contributed by atoms with Crippen LogP contribution >= 0.6 is 7.82 Å². The Labute approximate surface area is 182 Å². The number of carboxylic acid groups (broad SMARTS) is 2. The van der Waals surface area contributed by atoms with Crippen LogP contribution in [0.2, 0.25) is 0 Å². The number of hydrogen-bond acceptors (Lipinski definition) is 7. The molecule has 0 fully saturated rings. The van der Waals surface area contributed by atoms with E-state index in [0.717, 1.165) is 13.0 Å². The molecule has 0 spiro atoms. The Morgan fingerprint density at radius 1 is 1.03 bits per heavy atom. The van der Waals surface area contributed by atoms with E-state index in [2.05, 4.69) is 20.1 Å². The molecule has 0 aromatic carbocycles. The maximum atomic E-state index is 10.2. The third kappa shape index (κ3) is 73.6. The highest BCUT2D eigenvalue weighted by Gasteiger charge is 2.09. The second-order valence-corrected chi connectivity index (χ2v) is 8.07. The van der Waals surface area contributed by atoms with Gasteiger partial charge in [0.15, 0.2) is 5.75 Å². The van der Waals surface area contributed by atoms with Crippen LogP contribution in [0.25, 0.3) is 0 Å². The monoisotopic (exact) mass is 495 g/mol. The van der Waals surface area contributed by atoms with Crippen molar-refractivity contribution >= 4 is 29.9 Å². The summed E-state index contributed by atoms with van der Waals surface area (Å²) in [6.07, 6.45) is 6.89. The molecule has 0 saturated heterocycles. The molecule has 0 saturated carbocycles. The predicted molar refractivity (Wildman–Crippen MR) is 114 cm³/mol. The van der Waals surface area contributed by atoms with E-state index in [1.165, 1.54) is 12.8 Å². The fourth-order valence-corrected chi connectivity index (χ4v) is 1.64. The highest BCUT2D eigenvalue weighted by atomic mass is 32.2. The Kier molecular flexibility index (Phi) is 27.3. The van der Waals surface area contributed by atoms with E-state index < -0.39 is 35.6 Å². The molecule has 0 aliphatic heterocycles. The molecular formula is C16H34NO12PS. The number of ether oxygens (including phenoxy) is 1. The summed E-state index contributed by atoms with van der Waals surface area (Å²) < 4.78 is 40.8. The molecule has 15 heteroatoms. The molecule has 0 radical (unpaired) electrons. The summed E-state index contributed by atoms with van der Waals surface area (Å²) in [4.78, 5) is 43.1. The molecule has 0 unspecified atom stereocenters. The van der Waals surface area contributed by atoms with Crippen molar-refractivity contribution in [1.82, 2.24) is 4.90 Å². The van der Waals surface area contributed by atoms with Gasteiger partial charge in [0, 0.05) is 0 Å². The van der Waals surface area contributed by atoms with Gasteiger partial charge < -0.3 is 29.6 Å². The first-order valence-electron chi connectivity index (χ1n) is 8.65. The van der Waals surface area contributed by atoms with Crippen molar-refractivity contribution in [2.24, 2.45) is 0 Å². The van der Waals surface area contributed by atoms with Gasteiger partial charge in [0.2, 0.25) is 0 Å². The van der Waals surface area contributed by atoms with Crippen LogP contribution in [0, 0.1) is 0 Å². The Balaban J connectivity index is -0.000000163. The summed E-state index contributed by atoms with van der Waals surface area (Å²) in [5, 5.41) is 16.1. The van der Waals surface area contributed by atoms with Crippen molar-refractivity contribution in [2.45, 2.75) is 26.2 Å². The average Bonchev–Trinajstić information content (AvgIpc) is 2.52. The number of carbonyl (C=O) groups is 2. The van der Waals surface area contributed by atoms with E-state index in [1.54, 1.807) is 12.2 Å². The Morgan fingerprint density at radius 2 is 1.45 bits per heavy atom. The van der Waals surface area contributed by atoms with Gasteiger partial charge in [-0.25, -0.2) is 4.57 Å². The first-order chi connectivity index (χ1) is 14.0. The van der Waals surface area contributed by atoms with E-state index >= 15 is 0 Å². The summed E-state index contributed by atoms with van der Waals surface area (Å²) in [5.74, 6) is -3.54. The number of phosphoric acid groups is 1. The predicted octanol–water partition coefficient (Wildman–Crippen LogP) is 0.598. The van der Waals surface area contributed by atoms with Crippen LogP contribution in [0.4, 0.5) is 0 Å². The summed E-state index contributed by atoms with van der Waals surface area (Å²) in [6, 6.07) is 0. The molecule has 0 bridgehead atoms. The molecule has 13 nitrogen and oxygen atoms in total. The molecule has 0 aliphatic carbocycles. The summed E-state index contributed by atoms with van der Waals surface area (Å²) in [6.45, 7) is 11.4. The number of aliphatic carboxylic acids is 2. The van der Waals surface area contributed by atoms with Crippen molar-refractivity contribution in [1.29, 1.82) is 0 Å². The molecule has 186 valence electrons. The van der Waals surface area contributed by atoms with Gasteiger partial charge >= 0.3 is 19.8 Å². The minimum Gasteiger partial charge on any atom is -0.480 e. The van der Waals surface area contributed by atoms with Crippen LogP contribution in [0.15, 0.2) is 25.3 Å². The van der Waals surface area contributed by atoms with Gasteiger partial charge in [-0.3, -0.25) is 19.0 Å². The number of unbranched alkanes of at least 4 members (excludes halogenated alkanes) is 2. The third-order valence-corrected chi connectivity index (χ3v) is 2.94. The highest BCUT2D eigenvalue weighted by Crippen LogP contribution is 2.25. The lowest BCUT2D eigenvalue weighted by Crippen LogP contribution is -2.26. The van der Waals surface area contributed by atoms with Crippen LogP contribution in [0.1, 0.15) is 26.2 Å². The largest absolute Gasteiger partial charge is 0.480 e. The van der Waals surface area contributed by atoms with Crippen LogP contribution in [0.5, 0.6) is 0 Å². The van der Waals surface area contributed by atoms with Crippen LogP contribution in [-0.4, -0.2) is 93.8 Å². The number of rotatable bonds is 12. The van der Waals surface area contributed by atoms with Crippen molar-refractivity contribution in [3.05, 3.63) is 25.3 Å². The lowest BCUT2D eigenvalue weighted by atomic mass is 10.2. The maximum Gasteiger partial charge on any atom is 0.466 e. The first kappa shape index (κ1) is 36.7. The Morgan fingerprint density at radius 3 is 1.68 bits per heavy atom. The molecule has 6 N–H and O–H groups in total. The van der Waals surface area contributed by atoms with E-state index in [-0.39, 0.29) is 6.54 Å². The fourth-order valence-electron chi connectivity index (χ4n) is 1.33. The molecule has 0 amide bonds. The zero-order chi connectivity index (χ0) is 25.5. The minimum absolute atomic E-state index is 0.156. The van der Waals surface area contributed by atoms with Gasteiger partial charge in [0.05, 0.1) is 19.8 Å². The average molecular weight is 495 g/mol. The third-order valence-electron chi connectivity index (χ3n) is 2.33. The second kappa shape index (κ2) is 23.0. The summed E-state index contributed by atoms with van der Waals surface area (Å²) in [5.41, 5.74) is 0. The van der Waals surface area contributed by atoms with E-state index in [9.17, 15) is 18.0 Å². The molecular weight excluding hydrogens is 461 g/mol. The van der Waals surface area contributed by atoms with Crippen molar-refractivity contribution in [3.8, 4) is 0 Å². The quantitative estimate of drug-likeness (QED) is 0.0946. The number of carboxylic acids is 2. The van der Waals surface area contributed by atoms with Gasteiger partial charge in [-0.15, -0.1) is 13.2 Å². The summed E-state index contributed by atoms with van der Waals surface area (Å²) >= 11 is 0. The lowest BCUT2D eigenvalue weighted by molar-refractivity contribution is -0.138. The standard InChI is InChI=1S/C8H17NO2.C6H10O.C2H4O5S.H3O4P/c1-3-4-5-6-9(2)7-8(10)11;1-3-5-7-6-4-2;3-2(4)1-8(5,6)7;1-5(2,3)4/h3-7H2,1-2H3,(H,10,11);3-4H,1-2,5-6H2;1H2,(H,3,4)(H,5,6,7);(H3,1,2,3,4). The van der Waals surface area contributed by atoms with Crippen molar-refractivity contribution < 1.29 is 56.8 Å². The molecule has 0 aliphatic rings. The van der Waals surface area contributed by atoms with Crippen molar-refractivity contribution in [3.63, 3.8) is 0 Å². The van der Waals surface area contributed by atoms with E-state index in [1.807, 2.05) is 11.9 Å². The smallest absolute Gasteiger partial charge is 0.466 e. The normalized spacial score (nSPS) is 10.3. The molecule has 0 aromatic heterocycles. The van der Waals surface area contributed by atoms with E-state index in [4.69, 9.17) is 38.7 Å². The second-order valence-electron chi connectivity index (χ2n) is 5.59. The maximum absolute atomic E-state index is 10.2. The SMILES string of the molecule is C=CCOCC=C.CCCCCN(C)CC(=O)O.O=C(O)CS(=O)(=O)O.O=P(O)(O)O. The molecule has 0 aromatic rings. The zero-order valence-corrected chi connectivity index (χ0v) is 19.4. The van der Waals surface area contributed by atoms with E-state index in [0.29, 0.717) is 13.2 Å². The Bertz CT molecular complexity index is 616. The van der Waals surface area contributed by atoms with Gasteiger partial charge in [0.1, 0.15) is 0 Å². The van der Waals surface area contributed by atoms with Crippen LogP contribution in [-0.2, 0) is 29.0 Å². The van der Waals surface area contributed by atoms with Gasteiger partial charge in [0.25, 0.3) is 10.1 Å². The Hall–Kier alpha value is -1.64. The fraction of sp³-hybridized carbons (Fsp3) is 0.625. The minimum atomic E-state index is -4.64. The van der Waals surface area contributed by atoms with Crippen LogP contribution < -0.4 is 0 Å². The molecule has 0 heterocycles. The molecule has 0 rings (SSSR count). The summed E-state index contributed by atoms with van der Waals surface area (Å²) in [7, 11) is -7.12. The van der Waals surface area contributed by atoms with Crippen LogP contribution in [0.3, 0.4) is 0 Å². The molecule has 31 heavy (non-hydrogen) atoms. The molecule has 0 atom stereocenters. The topological polar surface area (TPSA) is 219 Å². The first-order valence-corrected chi connectivity index (χ1v) is 11.8. The number of hydrogen-bond donors (Lipinski definition) is 6. The van der Waals surface area contributed by atoms with Crippen molar-refractivity contribution in [2.75, 3.05) is 39.1 Å². The highest BCUT2D eigenvalue weighted by molar-refractivity contribution is 7.86. The number of nitrogens with zero attached hydrogens (tertiary/aromatic N) is 1. The zero-order valence-electron chi connectivity index (χ0n) is 17.7. The number of likely N-dealkylation sites (N-methyl/N-ethyl adjacent to an activating group) is 1.